The maximum atomic E-state index is 8.92. The van der Waals surface area contributed by atoms with Crippen LogP contribution in [0.1, 0.15) is 20.8 Å². The Labute approximate surface area is 81.3 Å². The van der Waals surface area contributed by atoms with Gasteiger partial charge in [0.05, 0.1) is 6.61 Å². The van der Waals surface area contributed by atoms with E-state index in [1.54, 1.807) is 0 Å². The summed E-state index contributed by atoms with van der Waals surface area (Å²) in [6, 6.07) is 0. The molecular weight excluding hydrogens is 164 g/mol. The molecule has 1 N–H and O–H groups in total. The Kier molecular flexibility index (Phi) is 3.71. The van der Waals surface area contributed by atoms with E-state index in [9.17, 15) is 0 Å². The van der Waals surface area contributed by atoms with Crippen LogP contribution in [0.4, 0.5) is 0 Å². The largest absolute Gasteiger partial charge is 0.395 e. The molecule has 0 aromatic rings. The molecule has 13 heavy (non-hydrogen) atoms. The van der Waals surface area contributed by atoms with Crippen molar-refractivity contribution in [1.29, 1.82) is 0 Å². The fourth-order valence-corrected chi connectivity index (χ4v) is 2.10. The quantitative estimate of drug-likeness (QED) is 0.691. The molecule has 0 unspecified atom stereocenters. The summed E-state index contributed by atoms with van der Waals surface area (Å²) in [4.78, 5) is 4.84. The molecule has 1 fully saturated rings. The SMILES string of the molecule is CCN1CCN(CCO)C(C)(C)C1. The van der Waals surface area contributed by atoms with Gasteiger partial charge in [-0.1, -0.05) is 6.92 Å². The van der Waals surface area contributed by atoms with Crippen molar-refractivity contribution in [1.82, 2.24) is 9.80 Å². The molecule has 1 aliphatic heterocycles. The number of β-amino-alcohol motifs (C(OH)–C–C–N with tert-alkyl or cyclic N) is 1. The van der Waals surface area contributed by atoms with Crippen LogP contribution in [-0.2, 0) is 0 Å². The van der Waals surface area contributed by atoms with Crippen LogP contribution in [0.3, 0.4) is 0 Å². The fourth-order valence-electron chi connectivity index (χ4n) is 2.10. The lowest BCUT2D eigenvalue weighted by Crippen LogP contribution is -2.59. The minimum absolute atomic E-state index is 0.219. The molecule has 78 valence electrons. The highest BCUT2D eigenvalue weighted by atomic mass is 16.3. The van der Waals surface area contributed by atoms with Gasteiger partial charge in [0.1, 0.15) is 0 Å². The Balaban J connectivity index is 2.51. The number of hydrogen-bond donors (Lipinski definition) is 1. The molecule has 0 atom stereocenters. The predicted octanol–water partition coefficient (Wildman–Crippen LogP) is 0.395. The van der Waals surface area contributed by atoms with Gasteiger partial charge in [-0.3, -0.25) is 4.90 Å². The Bertz CT molecular complexity index is 159. The Morgan fingerprint density at radius 1 is 1.31 bits per heavy atom. The van der Waals surface area contributed by atoms with Crippen LogP contribution < -0.4 is 0 Å². The smallest absolute Gasteiger partial charge is 0.0558 e. The molecule has 3 nitrogen and oxygen atoms in total. The lowest BCUT2D eigenvalue weighted by Gasteiger charge is -2.46. The van der Waals surface area contributed by atoms with Gasteiger partial charge in [0.2, 0.25) is 0 Å². The first-order valence-corrected chi connectivity index (χ1v) is 5.18. The van der Waals surface area contributed by atoms with Crippen LogP contribution in [0.2, 0.25) is 0 Å². The van der Waals surface area contributed by atoms with Crippen molar-refractivity contribution < 1.29 is 5.11 Å². The first kappa shape index (κ1) is 11.0. The molecule has 1 saturated heterocycles. The van der Waals surface area contributed by atoms with E-state index < -0.39 is 0 Å². The van der Waals surface area contributed by atoms with Gasteiger partial charge in [-0.25, -0.2) is 0 Å². The molecule has 1 heterocycles. The number of likely N-dealkylation sites (N-methyl/N-ethyl adjacent to an activating group) is 1. The highest BCUT2D eigenvalue weighted by molar-refractivity contribution is 4.89. The average Bonchev–Trinajstić information content (AvgIpc) is 2.08. The summed E-state index contributed by atoms with van der Waals surface area (Å²) in [6.07, 6.45) is 0. The number of nitrogens with zero attached hydrogens (tertiary/aromatic N) is 2. The third-order valence-corrected chi connectivity index (χ3v) is 2.97. The number of aliphatic hydroxyl groups is 1. The average molecular weight is 186 g/mol. The summed E-state index contributed by atoms with van der Waals surface area (Å²) in [6.45, 7) is 12.3. The first-order chi connectivity index (χ1) is 6.10. The van der Waals surface area contributed by atoms with Crippen molar-refractivity contribution >= 4 is 0 Å². The minimum atomic E-state index is 0.219. The number of hydrogen-bond acceptors (Lipinski definition) is 3. The molecular formula is C10H22N2O. The van der Waals surface area contributed by atoms with Crippen molar-refractivity contribution in [2.75, 3.05) is 39.3 Å². The number of piperazine rings is 1. The highest BCUT2D eigenvalue weighted by Gasteiger charge is 2.32. The third-order valence-electron chi connectivity index (χ3n) is 2.97. The molecule has 0 saturated carbocycles. The van der Waals surface area contributed by atoms with E-state index in [0.717, 1.165) is 32.7 Å². The molecule has 1 rings (SSSR count). The lowest BCUT2D eigenvalue weighted by molar-refractivity contribution is 0.0118. The maximum absolute atomic E-state index is 8.92. The topological polar surface area (TPSA) is 26.7 Å². The number of rotatable bonds is 3. The van der Waals surface area contributed by atoms with Crippen LogP contribution in [0.5, 0.6) is 0 Å². The van der Waals surface area contributed by atoms with Crippen molar-refractivity contribution in [3.05, 3.63) is 0 Å². The third kappa shape index (κ3) is 2.66. The highest BCUT2D eigenvalue weighted by Crippen LogP contribution is 2.19. The van der Waals surface area contributed by atoms with Crippen LogP contribution in [-0.4, -0.2) is 59.8 Å². The minimum Gasteiger partial charge on any atom is -0.395 e. The van der Waals surface area contributed by atoms with Gasteiger partial charge in [-0.15, -0.1) is 0 Å². The summed E-state index contributed by atoms with van der Waals surface area (Å²) in [5.74, 6) is 0. The van der Waals surface area contributed by atoms with E-state index in [1.165, 1.54) is 0 Å². The van der Waals surface area contributed by atoms with Gasteiger partial charge in [0.25, 0.3) is 0 Å². The molecule has 0 aromatic carbocycles. The Hall–Kier alpha value is -0.120. The van der Waals surface area contributed by atoms with Crippen molar-refractivity contribution in [2.45, 2.75) is 26.3 Å². The summed E-state index contributed by atoms with van der Waals surface area (Å²) in [5, 5.41) is 8.92. The van der Waals surface area contributed by atoms with E-state index in [2.05, 4.69) is 30.6 Å². The van der Waals surface area contributed by atoms with Gasteiger partial charge in [-0.2, -0.15) is 0 Å². The van der Waals surface area contributed by atoms with Gasteiger partial charge >= 0.3 is 0 Å². The van der Waals surface area contributed by atoms with E-state index in [0.29, 0.717) is 0 Å². The molecule has 0 aromatic heterocycles. The monoisotopic (exact) mass is 186 g/mol. The standard InChI is InChI=1S/C10H22N2O/c1-4-11-5-6-12(7-8-13)10(2,3)9-11/h13H,4-9H2,1-3H3. The van der Waals surface area contributed by atoms with Crippen molar-refractivity contribution in [3.8, 4) is 0 Å². The second-order valence-corrected chi connectivity index (χ2v) is 4.39. The van der Waals surface area contributed by atoms with Gasteiger partial charge in [0.15, 0.2) is 0 Å². The van der Waals surface area contributed by atoms with E-state index >= 15 is 0 Å². The molecule has 3 heteroatoms. The predicted molar refractivity (Wildman–Crippen MR) is 54.9 cm³/mol. The number of aliphatic hydroxyl groups excluding tert-OH is 1. The lowest BCUT2D eigenvalue weighted by atomic mass is 9.99. The maximum Gasteiger partial charge on any atom is 0.0558 e. The summed E-state index contributed by atoms with van der Waals surface area (Å²) >= 11 is 0. The molecule has 0 aliphatic carbocycles. The second kappa shape index (κ2) is 4.40. The summed E-state index contributed by atoms with van der Waals surface area (Å²) < 4.78 is 0. The van der Waals surface area contributed by atoms with Gasteiger partial charge < -0.3 is 10.0 Å². The van der Waals surface area contributed by atoms with Gasteiger partial charge in [-0.05, 0) is 20.4 Å². The van der Waals surface area contributed by atoms with E-state index in [4.69, 9.17) is 5.11 Å². The zero-order chi connectivity index (χ0) is 9.90. The van der Waals surface area contributed by atoms with Crippen molar-refractivity contribution in [2.24, 2.45) is 0 Å². The Morgan fingerprint density at radius 3 is 2.46 bits per heavy atom. The van der Waals surface area contributed by atoms with Crippen LogP contribution in [0.25, 0.3) is 0 Å². The van der Waals surface area contributed by atoms with Gasteiger partial charge in [0, 0.05) is 31.7 Å². The fraction of sp³-hybridized carbons (Fsp3) is 1.00. The van der Waals surface area contributed by atoms with Crippen LogP contribution in [0.15, 0.2) is 0 Å². The van der Waals surface area contributed by atoms with Crippen molar-refractivity contribution in [3.63, 3.8) is 0 Å². The normalized spacial score (nSPS) is 24.9. The molecule has 0 bridgehead atoms. The molecule has 0 radical (unpaired) electrons. The Morgan fingerprint density at radius 2 is 2.00 bits per heavy atom. The molecule has 0 spiro atoms. The molecule has 0 amide bonds. The summed E-state index contributed by atoms with van der Waals surface area (Å²) in [7, 11) is 0. The van der Waals surface area contributed by atoms with Crippen LogP contribution >= 0.6 is 0 Å². The first-order valence-electron chi connectivity index (χ1n) is 5.18. The second-order valence-electron chi connectivity index (χ2n) is 4.39. The van der Waals surface area contributed by atoms with E-state index in [-0.39, 0.29) is 12.1 Å². The molecule has 1 aliphatic rings. The van der Waals surface area contributed by atoms with E-state index in [1.807, 2.05) is 0 Å². The zero-order valence-electron chi connectivity index (χ0n) is 9.08. The summed E-state index contributed by atoms with van der Waals surface area (Å²) in [5.41, 5.74) is 0.219. The zero-order valence-corrected chi connectivity index (χ0v) is 9.08. The van der Waals surface area contributed by atoms with Crippen LogP contribution in [0, 0.1) is 0 Å².